The molecule has 8 nitrogen and oxygen atoms in total. The number of ether oxygens (including phenoxy) is 3. The molecule has 0 atom stereocenters. The predicted octanol–water partition coefficient (Wildman–Crippen LogP) is 1.66. The first kappa shape index (κ1) is 17.0. The van der Waals surface area contributed by atoms with Gasteiger partial charge in [-0.3, -0.25) is 4.79 Å². The van der Waals surface area contributed by atoms with E-state index in [1.165, 1.54) is 0 Å². The largest absolute Gasteiger partial charge is 0.454 e. The fourth-order valence-electron chi connectivity index (χ4n) is 3.60. The van der Waals surface area contributed by atoms with Crippen molar-refractivity contribution in [3.05, 3.63) is 18.2 Å². The van der Waals surface area contributed by atoms with Crippen molar-refractivity contribution in [3.8, 4) is 11.5 Å². The van der Waals surface area contributed by atoms with Gasteiger partial charge in [-0.1, -0.05) is 0 Å². The van der Waals surface area contributed by atoms with E-state index in [1.54, 1.807) is 35.0 Å². The zero-order chi connectivity index (χ0) is 18.1. The molecule has 0 saturated carbocycles. The first-order valence-corrected chi connectivity index (χ1v) is 8.88. The third-order valence-corrected chi connectivity index (χ3v) is 5.32. The van der Waals surface area contributed by atoms with Crippen LogP contribution in [-0.4, -0.2) is 67.4 Å². The van der Waals surface area contributed by atoms with Crippen LogP contribution in [0.4, 0.5) is 10.5 Å². The number of nitrogens with zero attached hydrogens (tertiary/aromatic N) is 2. The fraction of sp³-hybridized carbons (Fsp3) is 0.556. The van der Waals surface area contributed by atoms with Gasteiger partial charge >= 0.3 is 6.03 Å². The Morgan fingerprint density at radius 1 is 1.15 bits per heavy atom. The number of hydrogen-bond acceptors (Lipinski definition) is 5. The van der Waals surface area contributed by atoms with Crippen molar-refractivity contribution in [2.24, 2.45) is 0 Å². The van der Waals surface area contributed by atoms with E-state index in [0.717, 1.165) is 0 Å². The standard InChI is InChI=1S/C18H23N3O5/c1-20-8-9-26-18(11-16(20)22)4-6-21(7-5-18)17(23)19-13-2-3-14-15(10-13)25-12-24-14/h2-3,10H,4-9,11-12H2,1H3,(H,19,23). The maximum absolute atomic E-state index is 12.5. The summed E-state index contributed by atoms with van der Waals surface area (Å²) < 4.78 is 16.6. The van der Waals surface area contributed by atoms with E-state index in [0.29, 0.717) is 62.7 Å². The first-order chi connectivity index (χ1) is 12.5. The molecule has 3 amide bonds. The van der Waals surface area contributed by atoms with Gasteiger partial charge in [0.05, 0.1) is 18.6 Å². The van der Waals surface area contributed by atoms with Gasteiger partial charge < -0.3 is 29.3 Å². The van der Waals surface area contributed by atoms with E-state index in [1.807, 2.05) is 0 Å². The lowest BCUT2D eigenvalue weighted by atomic mass is 9.87. The van der Waals surface area contributed by atoms with Gasteiger partial charge in [-0.25, -0.2) is 4.79 Å². The van der Waals surface area contributed by atoms with Gasteiger partial charge in [0.15, 0.2) is 11.5 Å². The topological polar surface area (TPSA) is 80.3 Å². The van der Waals surface area contributed by atoms with Gasteiger partial charge in [0.1, 0.15) is 0 Å². The van der Waals surface area contributed by atoms with Crippen LogP contribution >= 0.6 is 0 Å². The average Bonchev–Trinajstić information content (AvgIpc) is 3.04. The van der Waals surface area contributed by atoms with Crippen molar-refractivity contribution < 1.29 is 23.8 Å². The van der Waals surface area contributed by atoms with Crippen molar-refractivity contribution in [2.45, 2.75) is 24.9 Å². The zero-order valence-electron chi connectivity index (χ0n) is 14.8. The molecule has 2 fully saturated rings. The van der Waals surface area contributed by atoms with Crippen LogP contribution in [0.3, 0.4) is 0 Å². The average molecular weight is 361 g/mol. The molecule has 26 heavy (non-hydrogen) atoms. The molecule has 0 radical (unpaired) electrons. The second kappa shape index (κ2) is 6.68. The van der Waals surface area contributed by atoms with Gasteiger partial charge in [0, 0.05) is 38.4 Å². The van der Waals surface area contributed by atoms with E-state index < -0.39 is 5.60 Å². The van der Waals surface area contributed by atoms with Gasteiger partial charge in [-0.2, -0.15) is 0 Å². The molecule has 3 aliphatic rings. The second-order valence-electron chi connectivity index (χ2n) is 7.01. The Morgan fingerprint density at radius 3 is 2.73 bits per heavy atom. The van der Waals surface area contributed by atoms with Crippen molar-refractivity contribution >= 4 is 17.6 Å². The number of benzene rings is 1. The highest BCUT2D eigenvalue weighted by molar-refractivity contribution is 5.90. The number of hydrogen-bond donors (Lipinski definition) is 1. The van der Waals surface area contributed by atoms with Gasteiger partial charge in [0.25, 0.3) is 0 Å². The molecule has 140 valence electrons. The van der Waals surface area contributed by atoms with E-state index in [-0.39, 0.29) is 18.7 Å². The Kier molecular flexibility index (Phi) is 4.36. The quantitative estimate of drug-likeness (QED) is 0.823. The minimum atomic E-state index is -0.433. The zero-order valence-corrected chi connectivity index (χ0v) is 14.8. The molecule has 0 bridgehead atoms. The Labute approximate surface area is 152 Å². The molecule has 8 heteroatoms. The molecule has 0 aromatic heterocycles. The van der Waals surface area contributed by atoms with Crippen molar-refractivity contribution in [1.82, 2.24) is 9.80 Å². The van der Waals surface area contributed by atoms with Gasteiger partial charge in [0.2, 0.25) is 12.7 Å². The van der Waals surface area contributed by atoms with E-state index in [9.17, 15) is 9.59 Å². The molecule has 3 aliphatic heterocycles. The van der Waals surface area contributed by atoms with Crippen LogP contribution < -0.4 is 14.8 Å². The van der Waals surface area contributed by atoms with E-state index in [4.69, 9.17) is 14.2 Å². The maximum Gasteiger partial charge on any atom is 0.321 e. The molecule has 2 saturated heterocycles. The Hall–Kier alpha value is -2.48. The minimum absolute atomic E-state index is 0.112. The number of piperidine rings is 1. The van der Waals surface area contributed by atoms with Crippen LogP contribution in [0, 0.1) is 0 Å². The number of carbonyl (C=O) groups is 2. The number of amides is 3. The molecule has 1 N–H and O–H groups in total. The lowest BCUT2D eigenvalue weighted by Crippen LogP contribution is -2.50. The summed E-state index contributed by atoms with van der Waals surface area (Å²) in [5.74, 6) is 1.43. The highest BCUT2D eigenvalue weighted by atomic mass is 16.7. The second-order valence-corrected chi connectivity index (χ2v) is 7.01. The SMILES string of the molecule is CN1CCOC2(CCN(C(=O)Nc3ccc4c(c3)OCO4)CC2)CC1=O. The summed E-state index contributed by atoms with van der Waals surface area (Å²) in [5, 5.41) is 2.90. The Bertz CT molecular complexity index is 715. The summed E-state index contributed by atoms with van der Waals surface area (Å²) in [6.45, 7) is 2.50. The summed E-state index contributed by atoms with van der Waals surface area (Å²) in [7, 11) is 1.80. The maximum atomic E-state index is 12.5. The number of likely N-dealkylation sites (N-methyl/N-ethyl adjacent to an activating group) is 1. The van der Waals surface area contributed by atoms with E-state index in [2.05, 4.69) is 5.32 Å². The van der Waals surface area contributed by atoms with Crippen LogP contribution in [0.15, 0.2) is 18.2 Å². The lowest BCUT2D eigenvalue weighted by molar-refractivity contribution is -0.134. The number of nitrogens with one attached hydrogen (secondary N) is 1. The Balaban J connectivity index is 1.35. The van der Waals surface area contributed by atoms with Crippen LogP contribution in [-0.2, 0) is 9.53 Å². The van der Waals surface area contributed by atoms with Crippen LogP contribution in [0.5, 0.6) is 11.5 Å². The summed E-state index contributed by atoms with van der Waals surface area (Å²) in [4.78, 5) is 28.2. The highest BCUT2D eigenvalue weighted by Crippen LogP contribution is 2.35. The molecular weight excluding hydrogens is 338 g/mol. The van der Waals surface area contributed by atoms with Crippen molar-refractivity contribution in [3.63, 3.8) is 0 Å². The van der Waals surface area contributed by atoms with Crippen LogP contribution in [0.25, 0.3) is 0 Å². The molecule has 1 aromatic rings. The lowest BCUT2D eigenvalue weighted by Gasteiger charge is -2.40. The monoisotopic (exact) mass is 361 g/mol. The molecule has 1 spiro atoms. The van der Waals surface area contributed by atoms with Crippen molar-refractivity contribution in [2.75, 3.05) is 45.4 Å². The van der Waals surface area contributed by atoms with Crippen molar-refractivity contribution in [1.29, 1.82) is 0 Å². The number of fused-ring (bicyclic) bond motifs is 1. The number of carbonyl (C=O) groups excluding carboxylic acids is 2. The van der Waals surface area contributed by atoms with Crippen LogP contribution in [0.1, 0.15) is 19.3 Å². The van der Waals surface area contributed by atoms with E-state index >= 15 is 0 Å². The highest BCUT2D eigenvalue weighted by Gasteiger charge is 2.40. The first-order valence-electron chi connectivity index (χ1n) is 8.88. The third-order valence-electron chi connectivity index (χ3n) is 5.32. The predicted molar refractivity (Wildman–Crippen MR) is 93.3 cm³/mol. The fourth-order valence-corrected chi connectivity index (χ4v) is 3.60. The number of urea groups is 1. The normalized spacial score (nSPS) is 21.7. The summed E-state index contributed by atoms with van der Waals surface area (Å²) in [6, 6.07) is 5.18. The van der Waals surface area contributed by atoms with Gasteiger partial charge in [-0.05, 0) is 25.0 Å². The summed E-state index contributed by atoms with van der Waals surface area (Å²) in [5.41, 5.74) is 0.235. The third kappa shape index (κ3) is 3.29. The molecule has 3 heterocycles. The molecule has 0 aliphatic carbocycles. The van der Waals surface area contributed by atoms with Gasteiger partial charge in [-0.15, -0.1) is 0 Å². The number of likely N-dealkylation sites (tertiary alicyclic amines) is 1. The minimum Gasteiger partial charge on any atom is -0.454 e. The summed E-state index contributed by atoms with van der Waals surface area (Å²) >= 11 is 0. The smallest absolute Gasteiger partial charge is 0.321 e. The Morgan fingerprint density at radius 2 is 1.92 bits per heavy atom. The number of rotatable bonds is 1. The molecule has 1 aromatic carbocycles. The van der Waals surface area contributed by atoms with Crippen LogP contribution in [0.2, 0.25) is 0 Å². The molecular formula is C18H23N3O5. The summed E-state index contributed by atoms with van der Waals surface area (Å²) in [6.07, 6.45) is 1.73. The number of anilines is 1. The molecule has 0 unspecified atom stereocenters. The molecule has 4 rings (SSSR count).